The summed E-state index contributed by atoms with van der Waals surface area (Å²) in [5.41, 5.74) is 3.70. The fraction of sp³-hybridized carbons (Fsp3) is 0.417. The lowest BCUT2D eigenvalue weighted by atomic mass is 9.95. The molecule has 0 saturated carbocycles. The quantitative estimate of drug-likeness (QED) is 0.708. The van der Waals surface area contributed by atoms with Crippen molar-refractivity contribution in [2.24, 2.45) is 5.92 Å². The van der Waals surface area contributed by atoms with Crippen molar-refractivity contribution in [3.8, 4) is 11.5 Å². The third-order valence-corrected chi connectivity index (χ3v) is 5.65. The average Bonchev–Trinajstić information content (AvgIpc) is 2.76. The predicted octanol–water partition coefficient (Wildman–Crippen LogP) is 3.61. The highest BCUT2D eigenvalue weighted by Crippen LogP contribution is 2.30. The maximum absolute atomic E-state index is 12.7. The summed E-state index contributed by atoms with van der Waals surface area (Å²) >= 11 is 0. The number of amides is 2. The molecule has 0 unspecified atom stereocenters. The molecule has 2 amide bonds. The van der Waals surface area contributed by atoms with E-state index in [1.807, 2.05) is 26.0 Å². The average molecular weight is 426 g/mol. The minimum atomic E-state index is -0.0922. The standard InChI is InChI=1S/C24H31N3O4/c1-16-5-7-20(17(2)13-16)25-23(28)15-27-11-9-18(10-12-27)24(29)26-21-8-6-19(30-3)14-22(21)31-4/h5-8,13-14,18H,9-12,15H2,1-4H3,(H,25,28)(H,26,29). The van der Waals surface area contributed by atoms with E-state index in [0.29, 0.717) is 49.7 Å². The van der Waals surface area contributed by atoms with E-state index in [1.165, 1.54) is 5.56 Å². The molecule has 1 aliphatic rings. The number of benzene rings is 2. The van der Waals surface area contributed by atoms with Crippen LogP contribution in [0.2, 0.25) is 0 Å². The van der Waals surface area contributed by atoms with Crippen LogP contribution in [0.25, 0.3) is 0 Å². The SMILES string of the molecule is COc1ccc(NC(=O)C2CCN(CC(=O)Nc3ccc(C)cc3C)CC2)c(OC)c1. The van der Waals surface area contributed by atoms with E-state index >= 15 is 0 Å². The summed E-state index contributed by atoms with van der Waals surface area (Å²) in [5, 5.41) is 5.95. The molecule has 1 heterocycles. The number of aryl methyl sites for hydroxylation is 2. The second kappa shape index (κ2) is 10.3. The molecular weight excluding hydrogens is 394 g/mol. The molecule has 0 aliphatic carbocycles. The number of ether oxygens (including phenoxy) is 2. The Morgan fingerprint density at radius 1 is 0.968 bits per heavy atom. The molecule has 0 spiro atoms. The van der Waals surface area contributed by atoms with Crippen molar-refractivity contribution in [1.82, 2.24) is 4.90 Å². The van der Waals surface area contributed by atoms with Crippen molar-refractivity contribution in [1.29, 1.82) is 0 Å². The van der Waals surface area contributed by atoms with Gasteiger partial charge in [-0.2, -0.15) is 0 Å². The van der Waals surface area contributed by atoms with Gasteiger partial charge in [-0.25, -0.2) is 0 Å². The smallest absolute Gasteiger partial charge is 0.238 e. The van der Waals surface area contributed by atoms with Crippen molar-refractivity contribution in [2.75, 3.05) is 44.5 Å². The maximum atomic E-state index is 12.7. The number of hydrogen-bond acceptors (Lipinski definition) is 5. The molecule has 2 aromatic carbocycles. The molecule has 7 heteroatoms. The van der Waals surface area contributed by atoms with E-state index in [1.54, 1.807) is 32.4 Å². The first-order chi connectivity index (χ1) is 14.9. The van der Waals surface area contributed by atoms with Gasteiger partial charge < -0.3 is 20.1 Å². The van der Waals surface area contributed by atoms with E-state index in [9.17, 15) is 9.59 Å². The fourth-order valence-electron chi connectivity index (χ4n) is 3.84. The zero-order chi connectivity index (χ0) is 22.4. The number of rotatable bonds is 7. The normalized spacial score (nSPS) is 14.7. The minimum absolute atomic E-state index is 0.0251. The van der Waals surface area contributed by atoms with Crippen LogP contribution in [-0.4, -0.2) is 50.6 Å². The molecular formula is C24H31N3O4. The van der Waals surface area contributed by atoms with Gasteiger partial charge in [0.05, 0.1) is 26.5 Å². The first-order valence-corrected chi connectivity index (χ1v) is 10.5. The van der Waals surface area contributed by atoms with Crippen LogP contribution in [0.15, 0.2) is 36.4 Å². The monoisotopic (exact) mass is 425 g/mol. The molecule has 0 bridgehead atoms. The van der Waals surface area contributed by atoms with Gasteiger partial charge in [-0.15, -0.1) is 0 Å². The second-order valence-corrected chi connectivity index (χ2v) is 7.97. The lowest BCUT2D eigenvalue weighted by Gasteiger charge is -2.30. The number of methoxy groups -OCH3 is 2. The number of hydrogen-bond donors (Lipinski definition) is 2. The number of carbonyl (C=O) groups excluding carboxylic acids is 2. The maximum Gasteiger partial charge on any atom is 0.238 e. The number of nitrogens with one attached hydrogen (secondary N) is 2. The van der Waals surface area contributed by atoms with Crippen molar-refractivity contribution in [3.05, 3.63) is 47.5 Å². The molecule has 7 nitrogen and oxygen atoms in total. The van der Waals surface area contributed by atoms with E-state index in [2.05, 4.69) is 21.6 Å². The first kappa shape index (κ1) is 22.6. The Balaban J connectivity index is 1.49. The molecule has 0 aromatic heterocycles. The topological polar surface area (TPSA) is 79.9 Å². The largest absolute Gasteiger partial charge is 0.497 e. The number of nitrogens with zero attached hydrogens (tertiary/aromatic N) is 1. The van der Waals surface area contributed by atoms with Crippen LogP contribution in [0.1, 0.15) is 24.0 Å². The summed E-state index contributed by atoms with van der Waals surface area (Å²) in [7, 11) is 3.15. The molecule has 3 rings (SSSR count). The number of anilines is 2. The van der Waals surface area contributed by atoms with Crippen LogP contribution in [0.4, 0.5) is 11.4 Å². The third kappa shape index (κ3) is 5.98. The predicted molar refractivity (Wildman–Crippen MR) is 122 cm³/mol. The van der Waals surface area contributed by atoms with Crippen LogP contribution >= 0.6 is 0 Å². The lowest BCUT2D eigenvalue weighted by molar-refractivity contribution is -0.121. The van der Waals surface area contributed by atoms with Gasteiger partial charge in [0, 0.05) is 17.7 Å². The Bertz CT molecular complexity index is 936. The molecule has 2 N–H and O–H groups in total. The molecule has 0 radical (unpaired) electrons. The summed E-state index contributed by atoms with van der Waals surface area (Å²) in [5.74, 6) is 1.08. The molecule has 1 saturated heterocycles. The number of likely N-dealkylation sites (tertiary alicyclic amines) is 1. The highest BCUT2D eigenvalue weighted by atomic mass is 16.5. The fourth-order valence-corrected chi connectivity index (χ4v) is 3.84. The van der Waals surface area contributed by atoms with Crippen LogP contribution in [-0.2, 0) is 9.59 Å². The van der Waals surface area contributed by atoms with E-state index in [-0.39, 0.29) is 17.7 Å². The van der Waals surface area contributed by atoms with Gasteiger partial charge in [0.1, 0.15) is 11.5 Å². The van der Waals surface area contributed by atoms with Gasteiger partial charge in [0.25, 0.3) is 0 Å². The van der Waals surface area contributed by atoms with Gasteiger partial charge in [-0.1, -0.05) is 17.7 Å². The van der Waals surface area contributed by atoms with E-state index in [0.717, 1.165) is 11.3 Å². The molecule has 0 atom stereocenters. The summed E-state index contributed by atoms with van der Waals surface area (Å²) in [6.07, 6.45) is 1.42. The molecule has 1 aliphatic heterocycles. The van der Waals surface area contributed by atoms with Crippen LogP contribution in [0.3, 0.4) is 0 Å². The van der Waals surface area contributed by atoms with E-state index in [4.69, 9.17) is 9.47 Å². The highest BCUT2D eigenvalue weighted by Gasteiger charge is 2.26. The molecule has 2 aromatic rings. The zero-order valence-corrected chi connectivity index (χ0v) is 18.7. The Morgan fingerprint density at radius 3 is 2.32 bits per heavy atom. The van der Waals surface area contributed by atoms with Gasteiger partial charge in [0.2, 0.25) is 11.8 Å². The number of piperidine rings is 1. The summed E-state index contributed by atoms with van der Waals surface area (Å²) < 4.78 is 10.5. The third-order valence-electron chi connectivity index (χ3n) is 5.65. The second-order valence-electron chi connectivity index (χ2n) is 7.97. The van der Waals surface area contributed by atoms with Gasteiger partial charge in [0.15, 0.2) is 0 Å². The van der Waals surface area contributed by atoms with Crippen molar-refractivity contribution in [2.45, 2.75) is 26.7 Å². The lowest BCUT2D eigenvalue weighted by Crippen LogP contribution is -2.41. The van der Waals surface area contributed by atoms with Gasteiger partial charge in [-0.05, 0) is 63.5 Å². The van der Waals surface area contributed by atoms with Crippen molar-refractivity contribution in [3.63, 3.8) is 0 Å². The molecule has 1 fully saturated rings. The summed E-state index contributed by atoms with van der Waals surface area (Å²) in [4.78, 5) is 27.3. The van der Waals surface area contributed by atoms with Crippen molar-refractivity contribution < 1.29 is 19.1 Å². The Morgan fingerprint density at radius 2 is 1.68 bits per heavy atom. The van der Waals surface area contributed by atoms with Gasteiger partial charge >= 0.3 is 0 Å². The Hall–Kier alpha value is -3.06. The minimum Gasteiger partial charge on any atom is -0.497 e. The zero-order valence-electron chi connectivity index (χ0n) is 18.7. The highest BCUT2D eigenvalue weighted by molar-refractivity contribution is 5.94. The summed E-state index contributed by atoms with van der Waals surface area (Å²) in [6.45, 7) is 5.76. The van der Waals surface area contributed by atoms with Crippen LogP contribution in [0, 0.1) is 19.8 Å². The Labute approximate surface area is 183 Å². The van der Waals surface area contributed by atoms with Crippen LogP contribution < -0.4 is 20.1 Å². The van der Waals surface area contributed by atoms with Crippen molar-refractivity contribution >= 4 is 23.2 Å². The summed E-state index contributed by atoms with van der Waals surface area (Å²) in [6, 6.07) is 11.3. The first-order valence-electron chi connectivity index (χ1n) is 10.5. The number of carbonyl (C=O) groups is 2. The van der Waals surface area contributed by atoms with Gasteiger partial charge in [-0.3, -0.25) is 14.5 Å². The molecule has 31 heavy (non-hydrogen) atoms. The van der Waals surface area contributed by atoms with Crippen LogP contribution in [0.5, 0.6) is 11.5 Å². The molecule has 166 valence electrons. The van der Waals surface area contributed by atoms with E-state index < -0.39 is 0 Å². The Kier molecular flexibility index (Phi) is 7.52.